The number of aliphatic carboxylic acids is 1. The van der Waals surface area contributed by atoms with Crippen LogP contribution in [0.5, 0.6) is 0 Å². The molecule has 0 aliphatic carbocycles. The van der Waals surface area contributed by atoms with Crippen LogP contribution in [0.2, 0.25) is 5.02 Å². The fourth-order valence-electron chi connectivity index (χ4n) is 0.204. The predicted octanol–water partition coefficient (Wildman–Crippen LogP) is 0.508. The number of carbonyl (C=O) groups excluding carboxylic acids is 1. The Morgan fingerprint density at radius 2 is 1.89 bits per heavy atom. The fourth-order valence-corrected chi connectivity index (χ4v) is 0.204. The molecular weight excluding hydrogens is 169 g/mol. The second-order valence-corrected chi connectivity index (χ2v) is 3.72. The number of carboxylic acid groups (broad SMARTS) is 1. The van der Waals surface area contributed by atoms with Gasteiger partial charge in [-0.25, -0.2) is 0 Å². The standard InChI is InChI=1S/C4H8O2.C2H5.Zn/c1-2-3-4(5)6;1-2;/h2-3H2,1H3,(H,5,6);1H2,2H3;/q;;+1/p-1. The second-order valence-electron chi connectivity index (χ2n) is 1.62. The predicted molar refractivity (Wildman–Crippen MR) is 30.4 cm³/mol. The first-order chi connectivity index (χ1) is 4.18. The van der Waals surface area contributed by atoms with Gasteiger partial charge in [-0.15, -0.1) is 0 Å². The number of hydrogen-bond donors (Lipinski definition) is 0. The first kappa shape index (κ1) is 11.8. The van der Waals surface area contributed by atoms with Gasteiger partial charge >= 0.3 is 30.2 Å². The summed E-state index contributed by atoms with van der Waals surface area (Å²) in [5.74, 6) is -0.961. The van der Waals surface area contributed by atoms with Crippen LogP contribution in [-0.2, 0) is 23.1 Å². The molecule has 0 bridgehead atoms. The van der Waals surface area contributed by atoms with Gasteiger partial charge in [0.15, 0.2) is 0 Å². The monoisotopic (exact) mass is 180 g/mol. The van der Waals surface area contributed by atoms with E-state index in [4.69, 9.17) is 0 Å². The van der Waals surface area contributed by atoms with Gasteiger partial charge in [-0.2, -0.15) is 0 Å². The molecule has 0 rings (SSSR count). The molecule has 0 N–H and O–H groups in total. The summed E-state index contributed by atoms with van der Waals surface area (Å²) in [6.45, 7) is 3.98. The third-order valence-electron chi connectivity index (χ3n) is 0.454. The zero-order valence-corrected chi connectivity index (χ0v) is 9.11. The average molecular weight is 182 g/mol. The SMILES string of the molecule is CCCC(=O)[O-].C[CH2][Zn+]. The summed E-state index contributed by atoms with van der Waals surface area (Å²) in [7, 11) is 0. The van der Waals surface area contributed by atoms with E-state index in [2.05, 4.69) is 6.92 Å². The van der Waals surface area contributed by atoms with Crippen molar-refractivity contribution in [2.24, 2.45) is 0 Å². The van der Waals surface area contributed by atoms with E-state index in [0.29, 0.717) is 6.42 Å². The van der Waals surface area contributed by atoms with Gasteiger partial charge in [-0.05, 0) is 6.42 Å². The first-order valence-electron chi connectivity index (χ1n) is 3.18. The number of rotatable bonds is 2. The molecule has 0 saturated carbocycles. The van der Waals surface area contributed by atoms with Crippen molar-refractivity contribution < 1.29 is 28.2 Å². The van der Waals surface area contributed by atoms with Crippen molar-refractivity contribution in [3.05, 3.63) is 0 Å². The zero-order valence-electron chi connectivity index (χ0n) is 6.14. The van der Waals surface area contributed by atoms with Gasteiger partial charge in [0.05, 0.1) is 0 Å². The minimum atomic E-state index is -0.961. The van der Waals surface area contributed by atoms with E-state index in [9.17, 15) is 9.90 Å². The Morgan fingerprint density at radius 1 is 1.56 bits per heavy atom. The summed E-state index contributed by atoms with van der Waals surface area (Å²) >= 11 is 1.44. The molecule has 0 aromatic rings. The molecule has 0 aromatic heterocycles. The number of carboxylic acids is 1. The van der Waals surface area contributed by atoms with E-state index in [1.165, 1.54) is 23.3 Å². The third kappa shape index (κ3) is 31.4. The van der Waals surface area contributed by atoms with Gasteiger partial charge in [0.1, 0.15) is 0 Å². The van der Waals surface area contributed by atoms with Crippen LogP contribution in [0.4, 0.5) is 0 Å². The van der Waals surface area contributed by atoms with E-state index >= 15 is 0 Å². The Hall–Kier alpha value is 0.0934. The van der Waals surface area contributed by atoms with Crippen LogP contribution in [0.3, 0.4) is 0 Å². The molecule has 2 nitrogen and oxygen atoms in total. The van der Waals surface area contributed by atoms with Gasteiger partial charge in [0, 0.05) is 5.97 Å². The summed E-state index contributed by atoms with van der Waals surface area (Å²) in [5, 5.41) is 10.9. The summed E-state index contributed by atoms with van der Waals surface area (Å²) < 4.78 is 0. The van der Waals surface area contributed by atoms with E-state index in [0.717, 1.165) is 0 Å². The van der Waals surface area contributed by atoms with Crippen LogP contribution in [0.1, 0.15) is 26.7 Å². The first-order valence-corrected chi connectivity index (χ1v) is 5.27. The van der Waals surface area contributed by atoms with E-state index < -0.39 is 5.97 Å². The van der Waals surface area contributed by atoms with Crippen molar-refractivity contribution in [1.82, 2.24) is 0 Å². The Morgan fingerprint density at radius 3 is 1.89 bits per heavy atom. The summed E-state index contributed by atoms with van der Waals surface area (Å²) in [6.07, 6.45) is 0.850. The molecule has 3 heteroatoms. The Bertz CT molecular complexity index is 64.1. The summed E-state index contributed by atoms with van der Waals surface area (Å²) in [5.41, 5.74) is 0. The van der Waals surface area contributed by atoms with E-state index in [1.54, 1.807) is 6.92 Å². The van der Waals surface area contributed by atoms with Crippen LogP contribution in [0, 0.1) is 0 Å². The number of hydrogen-bond acceptors (Lipinski definition) is 2. The maximum absolute atomic E-state index is 9.49. The zero-order chi connectivity index (χ0) is 7.70. The van der Waals surface area contributed by atoms with Crippen molar-refractivity contribution in [2.75, 3.05) is 0 Å². The van der Waals surface area contributed by atoms with E-state index in [1.807, 2.05) is 0 Å². The Balaban J connectivity index is 0. The van der Waals surface area contributed by atoms with Gasteiger partial charge in [-0.3, -0.25) is 0 Å². The Kier molecular flexibility index (Phi) is 14.4. The molecule has 0 aliphatic heterocycles. The molecule has 50 valence electrons. The van der Waals surface area contributed by atoms with Crippen LogP contribution >= 0.6 is 0 Å². The van der Waals surface area contributed by atoms with Gasteiger partial charge in [0.2, 0.25) is 0 Å². The van der Waals surface area contributed by atoms with Gasteiger partial charge in [0.25, 0.3) is 0 Å². The van der Waals surface area contributed by atoms with Crippen molar-refractivity contribution in [2.45, 2.75) is 31.7 Å². The van der Waals surface area contributed by atoms with Crippen molar-refractivity contribution in [3.63, 3.8) is 0 Å². The van der Waals surface area contributed by atoms with Crippen LogP contribution in [0.25, 0.3) is 0 Å². The molecule has 0 amide bonds. The molecule has 0 atom stereocenters. The van der Waals surface area contributed by atoms with Gasteiger partial charge < -0.3 is 9.90 Å². The average Bonchev–Trinajstić information content (AvgIpc) is 1.67. The van der Waals surface area contributed by atoms with Crippen LogP contribution < -0.4 is 5.11 Å². The molecule has 0 heterocycles. The maximum atomic E-state index is 9.49. The van der Waals surface area contributed by atoms with Crippen molar-refractivity contribution in [3.8, 4) is 0 Å². The molecule has 0 aliphatic rings. The quantitative estimate of drug-likeness (QED) is 0.583. The fraction of sp³-hybridized carbons (Fsp3) is 0.833. The number of carbonyl (C=O) groups is 1. The molecule has 0 fully saturated rings. The minimum absolute atomic E-state index is 0.181. The van der Waals surface area contributed by atoms with Crippen molar-refractivity contribution in [1.29, 1.82) is 0 Å². The van der Waals surface area contributed by atoms with E-state index in [-0.39, 0.29) is 6.42 Å². The Labute approximate surface area is 66.3 Å². The summed E-state index contributed by atoms with van der Waals surface area (Å²) in [4.78, 5) is 9.49. The topological polar surface area (TPSA) is 40.1 Å². The second kappa shape index (κ2) is 11.0. The summed E-state index contributed by atoms with van der Waals surface area (Å²) in [6, 6.07) is 0. The molecule has 0 radical (unpaired) electrons. The molecule has 0 spiro atoms. The van der Waals surface area contributed by atoms with Crippen LogP contribution in [0.15, 0.2) is 0 Å². The third-order valence-corrected chi connectivity index (χ3v) is 0.454. The molecular formula is C6H12O2Zn. The van der Waals surface area contributed by atoms with Crippen LogP contribution in [-0.4, -0.2) is 5.97 Å². The molecule has 9 heavy (non-hydrogen) atoms. The van der Waals surface area contributed by atoms with Crippen molar-refractivity contribution >= 4 is 5.97 Å². The normalized spacial score (nSPS) is 7.56. The molecule has 0 aromatic carbocycles. The molecule has 0 unspecified atom stereocenters. The van der Waals surface area contributed by atoms with Gasteiger partial charge in [-0.1, -0.05) is 13.3 Å². The molecule has 0 saturated heterocycles.